The fourth-order valence-electron chi connectivity index (χ4n) is 2.30. The van der Waals surface area contributed by atoms with E-state index in [2.05, 4.69) is 0 Å². The highest BCUT2D eigenvalue weighted by molar-refractivity contribution is 7.92. The summed E-state index contributed by atoms with van der Waals surface area (Å²) >= 11 is 0. The van der Waals surface area contributed by atoms with E-state index in [0.717, 1.165) is 5.56 Å². The molecule has 0 radical (unpaired) electrons. The Morgan fingerprint density at radius 2 is 2.00 bits per heavy atom. The van der Waals surface area contributed by atoms with Crippen molar-refractivity contribution in [1.82, 2.24) is 0 Å². The molecule has 0 aliphatic heterocycles. The van der Waals surface area contributed by atoms with Crippen LogP contribution in [0.4, 0.5) is 0 Å². The van der Waals surface area contributed by atoms with Gasteiger partial charge in [-0.25, -0.2) is 8.42 Å². The molecule has 0 spiro atoms. The number of nitriles is 1. The minimum atomic E-state index is -3.29. The molecule has 4 nitrogen and oxygen atoms in total. The summed E-state index contributed by atoms with van der Waals surface area (Å²) in [4.78, 5) is 0. The maximum atomic E-state index is 11.9. The fourth-order valence-corrected chi connectivity index (χ4v) is 4.17. The summed E-state index contributed by atoms with van der Waals surface area (Å²) in [6.07, 6.45) is 0. The Morgan fingerprint density at radius 1 is 1.41 bits per heavy atom. The Hall–Kier alpha value is -1.38. The largest absolute Gasteiger partial charge is 0.312 e. The first kappa shape index (κ1) is 12.1. The maximum absolute atomic E-state index is 11.9. The Bertz CT molecular complexity index is 562. The summed E-state index contributed by atoms with van der Waals surface area (Å²) in [7, 11) is -3.29. The molecule has 1 aliphatic carbocycles. The highest BCUT2D eigenvalue weighted by atomic mass is 32.2. The van der Waals surface area contributed by atoms with Gasteiger partial charge in [0.05, 0.1) is 6.07 Å². The molecule has 1 fully saturated rings. The molecule has 5 heteroatoms. The van der Waals surface area contributed by atoms with E-state index in [-0.39, 0.29) is 5.75 Å². The molecular formula is C12H14N2O2S. The van der Waals surface area contributed by atoms with Crippen LogP contribution in [0.2, 0.25) is 0 Å². The Morgan fingerprint density at radius 3 is 2.47 bits per heavy atom. The first-order valence-corrected chi connectivity index (χ1v) is 7.15. The lowest BCUT2D eigenvalue weighted by Crippen LogP contribution is -2.29. The van der Waals surface area contributed by atoms with Crippen molar-refractivity contribution in [3.8, 4) is 6.07 Å². The van der Waals surface area contributed by atoms with E-state index in [9.17, 15) is 8.42 Å². The standard InChI is InChI=1S/C12H14N2O2S/c1-2-17(15,16)11-10(12(11,14)8-13)9-6-4-3-5-7-9/h3-7,10-11H,2,14H2,1H3/t10-,11+,12+/m0/s1. The van der Waals surface area contributed by atoms with Crippen LogP contribution in [-0.4, -0.2) is 25.0 Å². The second-order valence-corrected chi connectivity index (χ2v) is 6.72. The fraction of sp³-hybridized carbons (Fsp3) is 0.417. The van der Waals surface area contributed by atoms with Crippen LogP contribution in [0.5, 0.6) is 0 Å². The molecule has 1 aliphatic rings. The van der Waals surface area contributed by atoms with Gasteiger partial charge in [-0.05, 0) is 5.56 Å². The summed E-state index contributed by atoms with van der Waals surface area (Å²) in [5, 5.41) is 8.32. The first-order valence-electron chi connectivity index (χ1n) is 5.44. The van der Waals surface area contributed by atoms with Crippen LogP contribution in [0.15, 0.2) is 30.3 Å². The van der Waals surface area contributed by atoms with Gasteiger partial charge in [-0.2, -0.15) is 5.26 Å². The van der Waals surface area contributed by atoms with Crippen molar-refractivity contribution in [2.75, 3.05) is 5.75 Å². The molecule has 2 rings (SSSR count). The molecule has 17 heavy (non-hydrogen) atoms. The van der Waals surface area contributed by atoms with Crippen LogP contribution < -0.4 is 5.73 Å². The van der Waals surface area contributed by atoms with Crippen molar-refractivity contribution in [3.63, 3.8) is 0 Å². The topological polar surface area (TPSA) is 83.9 Å². The van der Waals surface area contributed by atoms with Crippen LogP contribution in [0, 0.1) is 11.3 Å². The van der Waals surface area contributed by atoms with Gasteiger partial charge in [-0.1, -0.05) is 37.3 Å². The molecule has 1 aromatic rings. The smallest absolute Gasteiger partial charge is 0.156 e. The number of hydrogen-bond acceptors (Lipinski definition) is 4. The minimum Gasteiger partial charge on any atom is -0.312 e. The van der Waals surface area contributed by atoms with Crippen LogP contribution in [0.1, 0.15) is 18.4 Å². The second-order valence-electron chi connectivity index (χ2n) is 4.31. The average molecular weight is 250 g/mol. The number of nitrogens with zero attached hydrogens (tertiary/aromatic N) is 1. The molecule has 0 heterocycles. The Kier molecular flexibility index (Phi) is 2.72. The van der Waals surface area contributed by atoms with Crippen LogP contribution in [0.3, 0.4) is 0 Å². The van der Waals surface area contributed by atoms with Gasteiger partial charge in [0.1, 0.15) is 10.8 Å². The van der Waals surface area contributed by atoms with E-state index < -0.39 is 26.5 Å². The van der Waals surface area contributed by atoms with Gasteiger partial charge in [0.15, 0.2) is 9.84 Å². The second kappa shape index (κ2) is 3.83. The number of sulfone groups is 1. The molecule has 0 saturated heterocycles. The van der Waals surface area contributed by atoms with Crippen molar-refractivity contribution in [2.45, 2.75) is 23.6 Å². The lowest BCUT2D eigenvalue weighted by Gasteiger charge is -1.99. The van der Waals surface area contributed by atoms with Crippen molar-refractivity contribution >= 4 is 9.84 Å². The third-order valence-corrected chi connectivity index (χ3v) is 5.56. The molecule has 2 N–H and O–H groups in total. The lowest BCUT2D eigenvalue weighted by molar-refractivity contribution is 0.593. The minimum absolute atomic E-state index is 0.0155. The van der Waals surface area contributed by atoms with E-state index in [1.54, 1.807) is 6.92 Å². The summed E-state index contributed by atoms with van der Waals surface area (Å²) in [5.74, 6) is -0.389. The van der Waals surface area contributed by atoms with Gasteiger partial charge in [-0.15, -0.1) is 0 Å². The number of nitrogens with two attached hydrogens (primary N) is 1. The van der Waals surface area contributed by atoms with E-state index in [1.165, 1.54) is 0 Å². The van der Waals surface area contributed by atoms with E-state index in [4.69, 9.17) is 11.0 Å². The zero-order valence-corrected chi connectivity index (χ0v) is 10.3. The molecule has 1 saturated carbocycles. The first-order chi connectivity index (χ1) is 7.97. The quantitative estimate of drug-likeness (QED) is 0.860. The molecule has 90 valence electrons. The zero-order valence-electron chi connectivity index (χ0n) is 9.50. The summed E-state index contributed by atoms with van der Waals surface area (Å²) < 4.78 is 23.8. The van der Waals surface area contributed by atoms with Crippen molar-refractivity contribution < 1.29 is 8.42 Å². The predicted octanol–water partition coefficient (Wildman–Crippen LogP) is 0.808. The molecule has 1 aromatic carbocycles. The highest BCUT2D eigenvalue weighted by Crippen LogP contribution is 2.53. The van der Waals surface area contributed by atoms with Gasteiger partial charge in [-0.3, -0.25) is 0 Å². The molecule has 0 unspecified atom stereocenters. The third-order valence-electron chi connectivity index (χ3n) is 3.32. The lowest BCUT2D eigenvalue weighted by atomic mass is 10.1. The number of hydrogen-bond donors (Lipinski definition) is 1. The van der Waals surface area contributed by atoms with Crippen LogP contribution in [0.25, 0.3) is 0 Å². The van der Waals surface area contributed by atoms with Gasteiger partial charge < -0.3 is 5.73 Å². The van der Waals surface area contributed by atoms with Crippen molar-refractivity contribution in [1.29, 1.82) is 5.26 Å². The molecule has 3 atom stereocenters. The average Bonchev–Trinajstić information content (AvgIpc) is 2.99. The summed E-state index contributed by atoms with van der Waals surface area (Å²) in [5.41, 5.74) is 5.44. The highest BCUT2D eigenvalue weighted by Gasteiger charge is 2.69. The van der Waals surface area contributed by atoms with Crippen LogP contribution >= 0.6 is 0 Å². The summed E-state index contributed by atoms with van der Waals surface area (Å²) in [6.45, 7) is 1.58. The Balaban J connectivity index is 2.42. The molecule has 0 aromatic heterocycles. The van der Waals surface area contributed by atoms with Crippen LogP contribution in [-0.2, 0) is 9.84 Å². The number of rotatable bonds is 3. The predicted molar refractivity (Wildman–Crippen MR) is 65.0 cm³/mol. The SMILES string of the molecule is CCS(=O)(=O)[C@@H]1[C@H](c2ccccc2)[C@]1(N)C#N. The van der Waals surface area contributed by atoms with Crippen molar-refractivity contribution in [2.24, 2.45) is 5.73 Å². The number of benzene rings is 1. The third kappa shape index (κ3) is 1.74. The molecule has 0 amide bonds. The van der Waals surface area contributed by atoms with E-state index >= 15 is 0 Å². The zero-order chi connectivity index (χ0) is 12.7. The Labute approximate surface area is 101 Å². The van der Waals surface area contributed by atoms with Gasteiger partial charge >= 0.3 is 0 Å². The van der Waals surface area contributed by atoms with Gasteiger partial charge in [0.2, 0.25) is 0 Å². The monoisotopic (exact) mass is 250 g/mol. The van der Waals surface area contributed by atoms with E-state index in [0.29, 0.717) is 0 Å². The van der Waals surface area contributed by atoms with Crippen molar-refractivity contribution in [3.05, 3.63) is 35.9 Å². The molecular weight excluding hydrogens is 236 g/mol. The normalized spacial score (nSPS) is 31.8. The molecule has 0 bridgehead atoms. The van der Waals surface area contributed by atoms with E-state index in [1.807, 2.05) is 36.4 Å². The van der Waals surface area contributed by atoms with Gasteiger partial charge in [0, 0.05) is 11.7 Å². The van der Waals surface area contributed by atoms with Gasteiger partial charge in [0.25, 0.3) is 0 Å². The maximum Gasteiger partial charge on any atom is 0.156 e. The summed E-state index contributed by atoms with van der Waals surface area (Å²) in [6, 6.07) is 11.1.